The summed E-state index contributed by atoms with van der Waals surface area (Å²) in [6.07, 6.45) is 3.41. The first-order valence-corrected chi connectivity index (χ1v) is 6.87. The summed E-state index contributed by atoms with van der Waals surface area (Å²) in [5, 5.41) is 12.0. The number of rotatable bonds is 7. The number of fused-ring (bicyclic) bond motifs is 2. The van der Waals surface area contributed by atoms with Gasteiger partial charge < -0.3 is 15.2 Å². The Morgan fingerprint density at radius 3 is 2.84 bits per heavy atom. The van der Waals surface area contributed by atoms with Gasteiger partial charge in [0.25, 0.3) is 0 Å². The van der Waals surface area contributed by atoms with E-state index in [-0.39, 0.29) is 23.9 Å². The van der Waals surface area contributed by atoms with Crippen LogP contribution in [0.1, 0.15) is 25.7 Å². The zero-order valence-electron chi connectivity index (χ0n) is 11.3. The highest BCUT2D eigenvalue weighted by molar-refractivity contribution is 5.78. The predicted octanol–water partition coefficient (Wildman–Crippen LogP) is 0.0766. The molecule has 0 saturated carbocycles. The quantitative estimate of drug-likeness (QED) is 0.640. The summed E-state index contributed by atoms with van der Waals surface area (Å²) in [6, 6.07) is 0.322. The Kier molecular flexibility index (Phi) is 4.76. The third-order valence-corrected chi connectivity index (χ3v) is 4.17. The fourth-order valence-corrected chi connectivity index (χ4v) is 3.28. The predicted molar refractivity (Wildman–Crippen MR) is 68.8 cm³/mol. The molecule has 6 heteroatoms. The van der Waals surface area contributed by atoms with E-state index in [1.54, 1.807) is 7.11 Å². The Morgan fingerprint density at radius 2 is 2.21 bits per heavy atom. The maximum absolute atomic E-state index is 11.8. The van der Waals surface area contributed by atoms with Gasteiger partial charge in [-0.3, -0.25) is 14.5 Å². The molecule has 2 aliphatic heterocycles. The van der Waals surface area contributed by atoms with E-state index in [9.17, 15) is 9.59 Å². The molecule has 6 nitrogen and oxygen atoms in total. The Hall–Kier alpha value is -1.14. The minimum Gasteiger partial charge on any atom is -0.481 e. The Bertz CT molecular complexity index is 348. The van der Waals surface area contributed by atoms with Gasteiger partial charge in [-0.15, -0.1) is 0 Å². The number of ether oxygens (including phenoxy) is 1. The van der Waals surface area contributed by atoms with E-state index in [4.69, 9.17) is 9.84 Å². The van der Waals surface area contributed by atoms with Crippen molar-refractivity contribution in [3.63, 3.8) is 0 Å². The van der Waals surface area contributed by atoms with Crippen LogP contribution in [0, 0.1) is 5.92 Å². The molecule has 2 rings (SSSR count). The van der Waals surface area contributed by atoms with E-state index in [2.05, 4.69) is 10.2 Å². The lowest BCUT2D eigenvalue weighted by molar-refractivity contribution is -0.143. The lowest BCUT2D eigenvalue weighted by Crippen LogP contribution is -2.41. The van der Waals surface area contributed by atoms with Crippen LogP contribution in [0.5, 0.6) is 0 Å². The molecular weight excluding hydrogens is 248 g/mol. The lowest BCUT2D eigenvalue weighted by atomic mass is 9.89. The summed E-state index contributed by atoms with van der Waals surface area (Å²) in [5.41, 5.74) is 0. The molecule has 2 heterocycles. The lowest BCUT2D eigenvalue weighted by Gasteiger charge is -2.21. The monoisotopic (exact) mass is 270 g/mol. The molecule has 1 amide bonds. The SMILES string of the molecule is COCCCNC(=O)CN1C2CCC1C(C(=O)O)C2. The van der Waals surface area contributed by atoms with Crippen LogP contribution >= 0.6 is 0 Å². The average molecular weight is 270 g/mol. The van der Waals surface area contributed by atoms with Crippen LogP contribution in [0.15, 0.2) is 0 Å². The zero-order chi connectivity index (χ0) is 13.8. The largest absolute Gasteiger partial charge is 0.481 e. The van der Waals surface area contributed by atoms with Crippen molar-refractivity contribution in [2.75, 3.05) is 26.8 Å². The molecule has 2 bridgehead atoms. The first-order valence-electron chi connectivity index (χ1n) is 6.87. The Labute approximate surface area is 113 Å². The Balaban J connectivity index is 1.77. The molecule has 2 saturated heterocycles. The minimum atomic E-state index is -0.724. The minimum absolute atomic E-state index is 0.0148. The van der Waals surface area contributed by atoms with Gasteiger partial charge in [0.1, 0.15) is 0 Å². The molecule has 19 heavy (non-hydrogen) atoms. The molecular formula is C13H22N2O4. The molecule has 0 aromatic carbocycles. The molecule has 0 aromatic rings. The molecule has 0 aliphatic carbocycles. The van der Waals surface area contributed by atoms with Crippen LogP contribution < -0.4 is 5.32 Å². The first-order chi connectivity index (χ1) is 9.13. The van der Waals surface area contributed by atoms with E-state index in [1.165, 1.54) is 0 Å². The third-order valence-electron chi connectivity index (χ3n) is 4.17. The molecule has 3 unspecified atom stereocenters. The molecule has 2 fully saturated rings. The van der Waals surface area contributed by atoms with Gasteiger partial charge >= 0.3 is 5.97 Å². The number of methoxy groups -OCH3 is 1. The third kappa shape index (κ3) is 3.25. The summed E-state index contributed by atoms with van der Waals surface area (Å²) in [4.78, 5) is 25.0. The van der Waals surface area contributed by atoms with Crippen molar-refractivity contribution in [1.29, 1.82) is 0 Å². The topological polar surface area (TPSA) is 78.9 Å². The van der Waals surface area contributed by atoms with Gasteiger partial charge in [0.15, 0.2) is 0 Å². The van der Waals surface area contributed by atoms with Gasteiger partial charge in [-0.1, -0.05) is 0 Å². The second kappa shape index (κ2) is 6.34. The standard InChI is InChI=1S/C13H22N2O4/c1-19-6-2-5-14-12(16)8-15-9-3-4-11(15)10(7-9)13(17)18/h9-11H,2-8H2,1H3,(H,14,16)(H,17,18). The number of carboxylic acid groups (broad SMARTS) is 1. The number of nitrogens with zero attached hydrogens (tertiary/aromatic N) is 1. The Morgan fingerprint density at radius 1 is 1.42 bits per heavy atom. The van der Waals surface area contributed by atoms with E-state index in [0.717, 1.165) is 19.3 Å². The zero-order valence-corrected chi connectivity index (χ0v) is 11.3. The van der Waals surface area contributed by atoms with E-state index >= 15 is 0 Å². The summed E-state index contributed by atoms with van der Waals surface area (Å²) in [7, 11) is 1.63. The maximum atomic E-state index is 11.8. The highest BCUT2D eigenvalue weighted by Crippen LogP contribution is 2.41. The first kappa shape index (κ1) is 14.3. The van der Waals surface area contributed by atoms with Crippen molar-refractivity contribution < 1.29 is 19.4 Å². The van der Waals surface area contributed by atoms with E-state index < -0.39 is 5.97 Å². The average Bonchev–Trinajstić information content (AvgIpc) is 2.92. The maximum Gasteiger partial charge on any atom is 0.308 e. The summed E-state index contributed by atoms with van der Waals surface area (Å²) in [5.74, 6) is -1.03. The fourth-order valence-electron chi connectivity index (χ4n) is 3.28. The van der Waals surface area contributed by atoms with Crippen molar-refractivity contribution >= 4 is 11.9 Å². The van der Waals surface area contributed by atoms with Gasteiger partial charge in [-0.2, -0.15) is 0 Å². The van der Waals surface area contributed by atoms with Gasteiger partial charge in [0.2, 0.25) is 5.91 Å². The molecule has 0 radical (unpaired) electrons. The second-order valence-corrected chi connectivity index (χ2v) is 5.35. The van der Waals surface area contributed by atoms with Crippen LogP contribution in [0.2, 0.25) is 0 Å². The van der Waals surface area contributed by atoms with Crippen LogP contribution in [0.4, 0.5) is 0 Å². The molecule has 2 N–H and O–H groups in total. The summed E-state index contributed by atoms with van der Waals surface area (Å²) >= 11 is 0. The van der Waals surface area contributed by atoms with Gasteiger partial charge in [0, 0.05) is 32.3 Å². The number of hydrogen-bond donors (Lipinski definition) is 2. The number of nitrogens with one attached hydrogen (secondary N) is 1. The molecule has 108 valence electrons. The number of carboxylic acids is 1. The second-order valence-electron chi connectivity index (χ2n) is 5.35. The molecule has 2 aliphatic rings. The van der Waals surface area contributed by atoms with E-state index in [0.29, 0.717) is 26.1 Å². The van der Waals surface area contributed by atoms with Crippen molar-refractivity contribution in [3.8, 4) is 0 Å². The van der Waals surface area contributed by atoms with E-state index in [1.807, 2.05) is 0 Å². The van der Waals surface area contributed by atoms with Crippen LogP contribution in [-0.2, 0) is 14.3 Å². The highest BCUT2D eigenvalue weighted by atomic mass is 16.5. The molecule has 0 spiro atoms. The fraction of sp³-hybridized carbons (Fsp3) is 0.846. The van der Waals surface area contributed by atoms with Gasteiger partial charge in [0.05, 0.1) is 12.5 Å². The number of carbonyl (C=O) groups excluding carboxylic acids is 1. The van der Waals surface area contributed by atoms with Gasteiger partial charge in [-0.25, -0.2) is 0 Å². The summed E-state index contributed by atoms with van der Waals surface area (Å²) in [6.45, 7) is 1.57. The molecule has 0 aromatic heterocycles. The van der Waals surface area contributed by atoms with Crippen molar-refractivity contribution in [3.05, 3.63) is 0 Å². The number of aliphatic carboxylic acids is 1. The summed E-state index contributed by atoms with van der Waals surface area (Å²) < 4.78 is 4.91. The van der Waals surface area contributed by atoms with Crippen molar-refractivity contribution in [1.82, 2.24) is 10.2 Å². The van der Waals surface area contributed by atoms with Crippen LogP contribution in [0.25, 0.3) is 0 Å². The highest BCUT2D eigenvalue weighted by Gasteiger charge is 2.49. The smallest absolute Gasteiger partial charge is 0.308 e. The van der Waals surface area contributed by atoms with Crippen molar-refractivity contribution in [2.24, 2.45) is 5.92 Å². The molecule has 3 atom stereocenters. The number of carbonyl (C=O) groups is 2. The normalized spacial score (nSPS) is 29.6. The number of hydrogen-bond acceptors (Lipinski definition) is 4. The van der Waals surface area contributed by atoms with Gasteiger partial charge in [-0.05, 0) is 25.7 Å². The number of amides is 1. The van der Waals surface area contributed by atoms with Crippen molar-refractivity contribution in [2.45, 2.75) is 37.8 Å². The van der Waals surface area contributed by atoms with Crippen LogP contribution in [0.3, 0.4) is 0 Å². The van der Waals surface area contributed by atoms with Crippen LogP contribution in [-0.4, -0.2) is 60.8 Å².